The molecule has 3 N–H and O–H groups in total. The molecule has 1 aliphatic rings. The largest absolute Gasteiger partial charge is 0.381 e. The average molecular weight is 358 g/mol. The van der Waals surface area contributed by atoms with E-state index in [1.165, 1.54) is 24.8 Å². The van der Waals surface area contributed by atoms with Gasteiger partial charge in [0.1, 0.15) is 0 Å². The van der Waals surface area contributed by atoms with Gasteiger partial charge in [-0.3, -0.25) is 4.79 Å². The number of benzene rings is 1. The molecule has 1 amide bonds. The van der Waals surface area contributed by atoms with Crippen molar-refractivity contribution in [3.63, 3.8) is 0 Å². The first kappa shape index (κ1) is 20.5. The van der Waals surface area contributed by atoms with Gasteiger partial charge in [-0.2, -0.15) is 0 Å². The Bertz CT molecular complexity index is 579. The van der Waals surface area contributed by atoms with Gasteiger partial charge in [0, 0.05) is 24.3 Å². The minimum atomic E-state index is 0.0372. The second-order valence-corrected chi connectivity index (χ2v) is 7.20. The van der Waals surface area contributed by atoms with E-state index in [0.29, 0.717) is 5.92 Å². The van der Waals surface area contributed by atoms with Crippen LogP contribution in [-0.4, -0.2) is 32.1 Å². The number of hydrogen-bond donors (Lipinski definition) is 3. The first-order valence-electron chi connectivity index (χ1n) is 10.2. The summed E-state index contributed by atoms with van der Waals surface area (Å²) in [6, 6.07) is 5.91. The quantitative estimate of drug-likeness (QED) is 0.555. The molecule has 4 nitrogen and oxygen atoms in total. The van der Waals surface area contributed by atoms with Gasteiger partial charge in [0.2, 0.25) is 0 Å². The zero-order chi connectivity index (χ0) is 18.8. The normalized spacial score (nSPS) is 16.1. The third-order valence-corrected chi connectivity index (χ3v) is 5.56. The Hall–Kier alpha value is -1.81. The predicted molar refractivity (Wildman–Crippen MR) is 111 cm³/mol. The SMILES string of the molecule is C=CCNc1ccc(C(=O)NCCC(CC)C2CCNCC2)cc1CC. The number of piperidine rings is 1. The number of amides is 1. The van der Waals surface area contributed by atoms with E-state index in [0.717, 1.165) is 56.2 Å². The van der Waals surface area contributed by atoms with E-state index in [9.17, 15) is 4.79 Å². The zero-order valence-corrected chi connectivity index (χ0v) is 16.4. The van der Waals surface area contributed by atoms with Crippen LogP contribution in [0.15, 0.2) is 30.9 Å². The maximum absolute atomic E-state index is 12.5. The number of aryl methyl sites for hydroxylation is 1. The Morgan fingerprint density at radius 1 is 1.35 bits per heavy atom. The van der Waals surface area contributed by atoms with E-state index in [1.54, 1.807) is 0 Å². The molecule has 1 aromatic carbocycles. The summed E-state index contributed by atoms with van der Waals surface area (Å²) in [5, 5.41) is 9.89. The first-order chi connectivity index (χ1) is 12.7. The second-order valence-electron chi connectivity index (χ2n) is 7.20. The number of nitrogens with one attached hydrogen (secondary N) is 3. The van der Waals surface area contributed by atoms with Crippen LogP contribution in [0.1, 0.15) is 55.5 Å². The number of rotatable bonds is 10. The van der Waals surface area contributed by atoms with E-state index >= 15 is 0 Å². The fraction of sp³-hybridized carbons (Fsp3) is 0.591. The molecule has 1 aliphatic heterocycles. The molecule has 0 radical (unpaired) electrons. The van der Waals surface area contributed by atoms with Gasteiger partial charge in [-0.25, -0.2) is 0 Å². The smallest absolute Gasteiger partial charge is 0.251 e. The van der Waals surface area contributed by atoms with Gasteiger partial charge in [0.05, 0.1) is 0 Å². The fourth-order valence-electron chi connectivity index (χ4n) is 3.94. The zero-order valence-electron chi connectivity index (χ0n) is 16.4. The molecule has 1 fully saturated rings. The van der Waals surface area contributed by atoms with Crippen molar-refractivity contribution in [1.29, 1.82) is 0 Å². The lowest BCUT2D eigenvalue weighted by molar-refractivity contribution is 0.0948. The minimum absolute atomic E-state index is 0.0372. The van der Waals surface area contributed by atoms with Crippen molar-refractivity contribution in [2.75, 3.05) is 31.5 Å². The van der Waals surface area contributed by atoms with Crippen LogP contribution in [-0.2, 0) is 6.42 Å². The highest BCUT2D eigenvalue weighted by Gasteiger charge is 2.22. The summed E-state index contributed by atoms with van der Waals surface area (Å²) < 4.78 is 0. The van der Waals surface area contributed by atoms with Crippen LogP contribution in [0.25, 0.3) is 0 Å². The Morgan fingerprint density at radius 2 is 2.12 bits per heavy atom. The molecule has 1 saturated heterocycles. The Kier molecular flexibility index (Phi) is 8.69. The van der Waals surface area contributed by atoms with Crippen LogP contribution in [0.5, 0.6) is 0 Å². The molecule has 0 saturated carbocycles. The summed E-state index contributed by atoms with van der Waals surface area (Å²) in [7, 11) is 0. The molecule has 1 heterocycles. The Morgan fingerprint density at radius 3 is 2.77 bits per heavy atom. The second kappa shape index (κ2) is 11.0. The van der Waals surface area contributed by atoms with Crippen molar-refractivity contribution in [3.8, 4) is 0 Å². The van der Waals surface area contributed by atoms with Gasteiger partial charge in [-0.15, -0.1) is 6.58 Å². The van der Waals surface area contributed by atoms with E-state index < -0.39 is 0 Å². The van der Waals surface area contributed by atoms with Crippen molar-refractivity contribution >= 4 is 11.6 Å². The number of anilines is 1. The highest BCUT2D eigenvalue weighted by molar-refractivity contribution is 5.94. The molecule has 1 atom stereocenters. The predicted octanol–water partition coefficient (Wildman–Crippen LogP) is 3.99. The molecule has 4 heteroatoms. The Labute approximate surface area is 158 Å². The molecule has 144 valence electrons. The molecule has 0 aliphatic carbocycles. The van der Waals surface area contributed by atoms with Crippen molar-refractivity contribution in [2.24, 2.45) is 11.8 Å². The van der Waals surface area contributed by atoms with Crippen LogP contribution in [0.2, 0.25) is 0 Å². The lowest BCUT2D eigenvalue weighted by Gasteiger charge is -2.30. The molecular weight excluding hydrogens is 322 g/mol. The van der Waals surface area contributed by atoms with Gasteiger partial charge in [0.15, 0.2) is 0 Å². The van der Waals surface area contributed by atoms with Crippen LogP contribution >= 0.6 is 0 Å². The molecule has 0 bridgehead atoms. The van der Waals surface area contributed by atoms with E-state index in [-0.39, 0.29) is 5.91 Å². The summed E-state index contributed by atoms with van der Waals surface area (Å²) in [4.78, 5) is 12.5. The van der Waals surface area contributed by atoms with Crippen molar-refractivity contribution < 1.29 is 4.79 Å². The number of carbonyl (C=O) groups excluding carboxylic acids is 1. The minimum Gasteiger partial charge on any atom is -0.381 e. The van der Waals surface area contributed by atoms with Gasteiger partial charge in [-0.05, 0) is 74.4 Å². The van der Waals surface area contributed by atoms with Crippen LogP contribution in [0, 0.1) is 11.8 Å². The topological polar surface area (TPSA) is 53.2 Å². The van der Waals surface area contributed by atoms with Crippen molar-refractivity contribution in [3.05, 3.63) is 42.0 Å². The average Bonchev–Trinajstić information content (AvgIpc) is 2.70. The molecule has 1 aromatic rings. The molecule has 2 rings (SSSR count). The summed E-state index contributed by atoms with van der Waals surface area (Å²) in [6.45, 7) is 11.9. The number of hydrogen-bond acceptors (Lipinski definition) is 3. The van der Waals surface area contributed by atoms with Crippen LogP contribution < -0.4 is 16.0 Å². The van der Waals surface area contributed by atoms with E-state index in [1.807, 2.05) is 24.3 Å². The lowest BCUT2D eigenvalue weighted by Crippen LogP contribution is -2.33. The summed E-state index contributed by atoms with van der Waals surface area (Å²) in [5.74, 6) is 1.56. The maximum atomic E-state index is 12.5. The molecule has 1 unspecified atom stereocenters. The highest BCUT2D eigenvalue weighted by atomic mass is 16.1. The van der Waals surface area contributed by atoms with Crippen LogP contribution in [0.3, 0.4) is 0 Å². The van der Waals surface area contributed by atoms with Crippen molar-refractivity contribution in [1.82, 2.24) is 10.6 Å². The number of carbonyl (C=O) groups is 1. The molecule has 0 spiro atoms. The van der Waals surface area contributed by atoms with Gasteiger partial charge >= 0.3 is 0 Å². The first-order valence-corrected chi connectivity index (χ1v) is 10.2. The summed E-state index contributed by atoms with van der Waals surface area (Å²) in [6.07, 6.45) is 7.55. The van der Waals surface area contributed by atoms with Gasteiger partial charge in [-0.1, -0.05) is 26.3 Å². The maximum Gasteiger partial charge on any atom is 0.251 e. The van der Waals surface area contributed by atoms with E-state index in [2.05, 4.69) is 36.4 Å². The molecule has 0 aromatic heterocycles. The third kappa shape index (κ3) is 5.87. The molecule has 26 heavy (non-hydrogen) atoms. The van der Waals surface area contributed by atoms with Gasteiger partial charge in [0.25, 0.3) is 5.91 Å². The fourth-order valence-corrected chi connectivity index (χ4v) is 3.94. The van der Waals surface area contributed by atoms with Crippen LogP contribution in [0.4, 0.5) is 5.69 Å². The standard InChI is InChI=1S/C22H35N3O/c1-4-12-24-21-8-7-20(16-18(21)6-3)22(26)25-15-11-17(5-2)19-9-13-23-14-10-19/h4,7-8,16-17,19,23-24H,1,5-6,9-15H2,2-3H3,(H,25,26). The lowest BCUT2D eigenvalue weighted by atomic mass is 9.81. The summed E-state index contributed by atoms with van der Waals surface area (Å²) in [5.41, 5.74) is 3.00. The monoisotopic (exact) mass is 357 g/mol. The third-order valence-electron chi connectivity index (χ3n) is 5.56. The Balaban J connectivity index is 1.87. The van der Waals surface area contributed by atoms with Crippen molar-refractivity contribution in [2.45, 2.75) is 46.0 Å². The summed E-state index contributed by atoms with van der Waals surface area (Å²) >= 11 is 0. The van der Waals surface area contributed by atoms with Gasteiger partial charge < -0.3 is 16.0 Å². The highest BCUT2D eigenvalue weighted by Crippen LogP contribution is 2.27. The van der Waals surface area contributed by atoms with E-state index in [4.69, 9.17) is 0 Å². The molecular formula is C22H35N3O.